The molecule has 0 saturated heterocycles. The highest BCUT2D eigenvalue weighted by Crippen LogP contribution is 2.23. The standard InChI is InChI=1S/C16H21N3O/c1-12(2)20-16-10-9-15(17-18-16)14-8-6-5-7-13(14)11-19(3)4/h5-10,12H,11H2,1-4H3. The van der Waals surface area contributed by atoms with E-state index in [0.717, 1.165) is 17.8 Å². The molecule has 0 N–H and O–H groups in total. The molecule has 0 atom stereocenters. The van der Waals surface area contributed by atoms with Crippen molar-refractivity contribution in [3.63, 3.8) is 0 Å². The number of hydrogen-bond acceptors (Lipinski definition) is 4. The topological polar surface area (TPSA) is 38.2 Å². The molecule has 106 valence electrons. The maximum absolute atomic E-state index is 5.52. The van der Waals surface area contributed by atoms with Gasteiger partial charge in [-0.05, 0) is 39.6 Å². The van der Waals surface area contributed by atoms with Gasteiger partial charge in [0, 0.05) is 18.2 Å². The van der Waals surface area contributed by atoms with Crippen LogP contribution >= 0.6 is 0 Å². The van der Waals surface area contributed by atoms with Gasteiger partial charge in [0.2, 0.25) is 5.88 Å². The summed E-state index contributed by atoms with van der Waals surface area (Å²) in [5.41, 5.74) is 3.23. The Morgan fingerprint density at radius 1 is 1.05 bits per heavy atom. The predicted octanol–water partition coefficient (Wildman–Crippen LogP) is 2.99. The Balaban J connectivity index is 2.27. The van der Waals surface area contributed by atoms with Gasteiger partial charge in [-0.15, -0.1) is 10.2 Å². The summed E-state index contributed by atoms with van der Waals surface area (Å²) in [6.45, 7) is 4.83. The SMILES string of the molecule is CC(C)Oc1ccc(-c2ccccc2CN(C)C)nn1. The molecule has 20 heavy (non-hydrogen) atoms. The number of rotatable bonds is 5. The van der Waals surface area contributed by atoms with Crippen molar-refractivity contribution < 1.29 is 4.74 Å². The average molecular weight is 271 g/mol. The molecule has 0 amide bonds. The molecular weight excluding hydrogens is 250 g/mol. The van der Waals surface area contributed by atoms with Crippen LogP contribution in [0.15, 0.2) is 36.4 Å². The lowest BCUT2D eigenvalue weighted by Crippen LogP contribution is -2.11. The van der Waals surface area contributed by atoms with Gasteiger partial charge in [0.05, 0.1) is 11.8 Å². The summed E-state index contributed by atoms with van der Waals surface area (Å²) in [6.07, 6.45) is 0.108. The smallest absolute Gasteiger partial charge is 0.233 e. The first-order valence-corrected chi connectivity index (χ1v) is 6.79. The van der Waals surface area contributed by atoms with Crippen molar-refractivity contribution in [3.8, 4) is 17.1 Å². The molecule has 0 saturated carbocycles. The monoisotopic (exact) mass is 271 g/mol. The average Bonchev–Trinajstić information content (AvgIpc) is 2.39. The van der Waals surface area contributed by atoms with Crippen LogP contribution in [-0.4, -0.2) is 35.3 Å². The van der Waals surface area contributed by atoms with Crippen LogP contribution in [0.4, 0.5) is 0 Å². The third-order valence-corrected chi connectivity index (χ3v) is 2.78. The normalized spacial score (nSPS) is 11.1. The van der Waals surface area contributed by atoms with Crippen LogP contribution in [0, 0.1) is 0 Å². The van der Waals surface area contributed by atoms with Gasteiger partial charge in [0.1, 0.15) is 0 Å². The zero-order valence-corrected chi connectivity index (χ0v) is 12.5. The Labute approximate surface area is 120 Å². The number of aromatic nitrogens is 2. The van der Waals surface area contributed by atoms with Crippen molar-refractivity contribution >= 4 is 0 Å². The van der Waals surface area contributed by atoms with Crippen LogP contribution in [0.25, 0.3) is 11.3 Å². The summed E-state index contributed by atoms with van der Waals surface area (Å²) in [4.78, 5) is 2.14. The van der Waals surface area contributed by atoms with Gasteiger partial charge in [-0.3, -0.25) is 0 Å². The highest BCUT2D eigenvalue weighted by Gasteiger charge is 2.08. The minimum Gasteiger partial charge on any atom is -0.474 e. The van der Waals surface area contributed by atoms with E-state index in [4.69, 9.17) is 4.74 Å². The van der Waals surface area contributed by atoms with Crippen LogP contribution in [0.1, 0.15) is 19.4 Å². The van der Waals surface area contributed by atoms with Crippen LogP contribution < -0.4 is 4.74 Å². The van der Waals surface area contributed by atoms with Crippen molar-refractivity contribution in [1.82, 2.24) is 15.1 Å². The molecule has 0 bridgehead atoms. The van der Waals surface area contributed by atoms with Gasteiger partial charge in [-0.25, -0.2) is 0 Å². The van der Waals surface area contributed by atoms with Crippen LogP contribution in [0.5, 0.6) is 5.88 Å². The number of ether oxygens (including phenoxy) is 1. The van der Waals surface area contributed by atoms with E-state index in [9.17, 15) is 0 Å². The van der Waals surface area contributed by atoms with Crippen LogP contribution in [0.3, 0.4) is 0 Å². The van der Waals surface area contributed by atoms with Crippen molar-refractivity contribution in [2.45, 2.75) is 26.5 Å². The highest BCUT2D eigenvalue weighted by molar-refractivity contribution is 5.63. The third-order valence-electron chi connectivity index (χ3n) is 2.78. The zero-order valence-electron chi connectivity index (χ0n) is 12.5. The quantitative estimate of drug-likeness (QED) is 0.838. The molecule has 0 aliphatic heterocycles. The lowest BCUT2D eigenvalue weighted by molar-refractivity contribution is 0.230. The Morgan fingerprint density at radius 2 is 1.80 bits per heavy atom. The van der Waals surface area contributed by atoms with E-state index in [-0.39, 0.29) is 6.10 Å². The second kappa shape index (κ2) is 6.48. The molecule has 0 unspecified atom stereocenters. The summed E-state index contributed by atoms with van der Waals surface area (Å²) < 4.78 is 5.52. The fourth-order valence-corrected chi connectivity index (χ4v) is 2.02. The number of benzene rings is 1. The second-order valence-electron chi connectivity index (χ2n) is 5.32. The number of hydrogen-bond donors (Lipinski definition) is 0. The van der Waals surface area contributed by atoms with Crippen LogP contribution in [0.2, 0.25) is 0 Å². The molecule has 0 fully saturated rings. The number of nitrogens with zero attached hydrogens (tertiary/aromatic N) is 3. The Hall–Kier alpha value is -1.94. The molecule has 4 heteroatoms. The summed E-state index contributed by atoms with van der Waals surface area (Å²) in [5.74, 6) is 0.564. The lowest BCUT2D eigenvalue weighted by Gasteiger charge is -2.14. The van der Waals surface area contributed by atoms with Crippen LogP contribution in [-0.2, 0) is 6.54 Å². The van der Waals surface area contributed by atoms with Gasteiger partial charge in [-0.1, -0.05) is 24.3 Å². The van der Waals surface area contributed by atoms with Crippen molar-refractivity contribution in [2.24, 2.45) is 0 Å². The molecule has 2 aromatic rings. The van der Waals surface area contributed by atoms with E-state index < -0.39 is 0 Å². The lowest BCUT2D eigenvalue weighted by atomic mass is 10.0. The summed E-state index contributed by atoms with van der Waals surface area (Å²) in [7, 11) is 4.12. The van der Waals surface area contributed by atoms with Crippen molar-refractivity contribution in [3.05, 3.63) is 42.0 Å². The van der Waals surface area contributed by atoms with E-state index in [0.29, 0.717) is 5.88 Å². The van der Waals surface area contributed by atoms with Crippen molar-refractivity contribution in [1.29, 1.82) is 0 Å². The maximum atomic E-state index is 5.52. The van der Waals surface area contributed by atoms with E-state index in [1.807, 2.05) is 38.1 Å². The molecule has 0 radical (unpaired) electrons. The first-order valence-electron chi connectivity index (χ1n) is 6.79. The Bertz CT molecular complexity index is 550. The molecule has 1 aromatic carbocycles. The van der Waals surface area contributed by atoms with Gasteiger partial charge in [-0.2, -0.15) is 0 Å². The van der Waals surface area contributed by atoms with Gasteiger partial charge in [0.15, 0.2) is 0 Å². The minimum atomic E-state index is 0.108. The fraction of sp³-hybridized carbons (Fsp3) is 0.375. The predicted molar refractivity (Wildman–Crippen MR) is 80.6 cm³/mol. The molecule has 1 aromatic heterocycles. The zero-order chi connectivity index (χ0) is 14.5. The molecule has 0 aliphatic carbocycles. The minimum absolute atomic E-state index is 0.108. The van der Waals surface area contributed by atoms with Crippen molar-refractivity contribution in [2.75, 3.05) is 14.1 Å². The van der Waals surface area contributed by atoms with E-state index in [1.54, 1.807) is 0 Å². The van der Waals surface area contributed by atoms with E-state index in [2.05, 4.69) is 41.3 Å². The maximum Gasteiger partial charge on any atom is 0.233 e. The fourth-order valence-electron chi connectivity index (χ4n) is 2.02. The third kappa shape index (κ3) is 3.78. The highest BCUT2D eigenvalue weighted by atomic mass is 16.5. The molecule has 1 heterocycles. The molecule has 4 nitrogen and oxygen atoms in total. The van der Waals surface area contributed by atoms with E-state index >= 15 is 0 Å². The van der Waals surface area contributed by atoms with E-state index in [1.165, 1.54) is 5.56 Å². The second-order valence-corrected chi connectivity index (χ2v) is 5.32. The Kier molecular flexibility index (Phi) is 4.69. The van der Waals surface area contributed by atoms with Gasteiger partial charge >= 0.3 is 0 Å². The molecule has 0 spiro atoms. The summed E-state index contributed by atoms with van der Waals surface area (Å²) in [5, 5.41) is 8.41. The largest absolute Gasteiger partial charge is 0.474 e. The molecule has 0 aliphatic rings. The molecule has 2 rings (SSSR count). The first kappa shape index (κ1) is 14.5. The summed E-state index contributed by atoms with van der Waals surface area (Å²) in [6, 6.07) is 12.1. The Morgan fingerprint density at radius 3 is 2.40 bits per heavy atom. The van der Waals surface area contributed by atoms with Gasteiger partial charge < -0.3 is 9.64 Å². The summed E-state index contributed by atoms with van der Waals surface area (Å²) >= 11 is 0. The van der Waals surface area contributed by atoms with Gasteiger partial charge in [0.25, 0.3) is 0 Å². The first-order chi connectivity index (χ1) is 9.56. The molecular formula is C16H21N3O.